The molecule has 130 valence electrons. The molecule has 0 atom stereocenters. The Morgan fingerprint density at radius 2 is 2.00 bits per heavy atom. The smallest absolute Gasteiger partial charge is 0.203 e. The fourth-order valence-corrected chi connectivity index (χ4v) is 2.70. The van der Waals surface area contributed by atoms with Crippen molar-refractivity contribution in [2.24, 2.45) is 5.10 Å². The van der Waals surface area contributed by atoms with Crippen LogP contribution in [0, 0.1) is 18.6 Å². The molecule has 0 spiro atoms. The lowest BCUT2D eigenvalue weighted by Gasteiger charge is -2.09. The summed E-state index contributed by atoms with van der Waals surface area (Å²) in [6.45, 7) is 4.29. The normalized spacial score (nSPS) is 11.2. The number of nitrogens with one attached hydrogen (secondary N) is 1. The summed E-state index contributed by atoms with van der Waals surface area (Å²) >= 11 is 1.40. The van der Waals surface area contributed by atoms with E-state index in [0.29, 0.717) is 17.3 Å². The molecule has 0 aliphatic heterocycles. The van der Waals surface area contributed by atoms with Gasteiger partial charge in [0.05, 0.1) is 18.5 Å². The lowest BCUT2D eigenvalue weighted by atomic mass is 10.2. The maximum Gasteiger partial charge on any atom is 0.203 e. The van der Waals surface area contributed by atoms with Crippen LogP contribution in [-0.2, 0) is 0 Å². The van der Waals surface area contributed by atoms with Gasteiger partial charge in [0.15, 0.2) is 17.4 Å². The highest BCUT2D eigenvalue weighted by Crippen LogP contribution is 2.23. The number of hydrogen-bond donors (Lipinski definition) is 1. The molecule has 0 radical (unpaired) electrons. The van der Waals surface area contributed by atoms with E-state index in [4.69, 9.17) is 4.74 Å². The topological polar surface area (TPSA) is 46.5 Å². The maximum atomic E-state index is 14.0. The van der Waals surface area contributed by atoms with Gasteiger partial charge in [0.2, 0.25) is 5.13 Å². The number of thiazole rings is 1. The summed E-state index contributed by atoms with van der Waals surface area (Å²) in [4.78, 5) is 4.17. The van der Waals surface area contributed by atoms with Gasteiger partial charge in [0.25, 0.3) is 0 Å². The average Bonchev–Trinajstić information content (AvgIpc) is 2.95. The van der Waals surface area contributed by atoms with Crippen molar-refractivity contribution in [1.82, 2.24) is 4.98 Å². The monoisotopic (exact) mass is 353 g/mol. The zero-order valence-electron chi connectivity index (χ0n) is 13.8. The maximum absolute atomic E-state index is 14.0. The number of unbranched alkanes of at least 4 members (excludes halogenated alkanes) is 3. The van der Waals surface area contributed by atoms with E-state index in [0.717, 1.165) is 31.4 Å². The summed E-state index contributed by atoms with van der Waals surface area (Å²) in [7, 11) is 0. The average molecular weight is 353 g/mol. The lowest BCUT2D eigenvalue weighted by Crippen LogP contribution is -2.03. The van der Waals surface area contributed by atoms with Crippen molar-refractivity contribution in [3.05, 3.63) is 40.4 Å². The predicted octanol–water partition coefficient (Wildman–Crippen LogP) is 5.13. The SMILES string of the molecule is CCCCCCOc1c(F)cc(C=NNc2nc(C)cs2)cc1F. The molecule has 1 aromatic heterocycles. The number of nitrogens with zero attached hydrogens (tertiary/aromatic N) is 2. The van der Waals surface area contributed by atoms with Gasteiger partial charge >= 0.3 is 0 Å². The summed E-state index contributed by atoms with van der Waals surface area (Å²) in [5.41, 5.74) is 3.92. The summed E-state index contributed by atoms with van der Waals surface area (Å²) < 4.78 is 33.2. The standard InChI is InChI=1S/C17H21F2N3OS/c1-3-4-5-6-7-23-16-14(18)8-13(9-15(16)19)10-20-22-17-21-12(2)11-24-17/h8-11H,3-7H2,1-2H3,(H,21,22). The molecule has 1 heterocycles. The van der Waals surface area contributed by atoms with Gasteiger partial charge in [-0.1, -0.05) is 26.2 Å². The Morgan fingerprint density at radius 3 is 2.62 bits per heavy atom. The summed E-state index contributed by atoms with van der Waals surface area (Å²) in [5.74, 6) is -1.78. The second-order valence-electron chi connectivity index (χ2n) is 5.39. The van der Waals surface area contributed by atoms with E-state index >= 15 is 0 Å². The molecule has 0 aliphatic rings. The van der Waals surface area contributed by atoms with Crippen LogP contribution < -0.4 is 10.2 Å². The summed E-state index contributed by atoms with van der Waals surface area (Å²) in [5, 5.41) is 6.43. The zero-order chi connectivity index (χ0) is 17.4. The number of hydrogen-bond acceptors (Lipinski definition) is 5. The molecule has 0 bridgehead atoms. The van der Waals surface area contributed by atoms with Crippen molar-refractivity contribution < 1.29 is 13.5 Å². The van der Waals surface area contributed by atoms with Gasteiger partial charge < -0.3 is 4.74 Å². The van der Waals surface area contributed by atoms with Crippen LogP contribution in [0.1, 0.15) is 43.9 Å². The minimum absolute atomic E-state index is 0.309. The third-order valence-corrected chi connectivity index (χ3v) is 4.12. The van der Waals surface area contributed by atoms with Crippen LogP contribution in [0.15, 0.2) is 22.6 Å². The Bertz CT molecular complexity index is 665. The summed E-state index contributed by atoms with van der Waals surface area (Å²) in [6.07, 6.45) is 5.31. The number of rotatable bonds is 9. The van der Waals surface area contributed by atoms with Crippen molar-refractivity contribution in [1.29, 1.82) is 0 Å². The highest BCUT2D eigenvalue weighted by molar-refractivity contribution is 7.13. The minimum atomic E-state index is -0.725. The van der Waals surface area contributed by atoms with Gasteiger partial charge in [-0.15, -0.1) is 11.3 Å². The Labute approximate surface area is 144 Å². The molecular weight excluding hydrogens is 332 g/mol. The zero-order valence-corrected chi connectivity index (χ0v) is 14.6. The first-order chi connectivity index (χ1) is 11.6. The third kappa shape index (κ3) is 5.56. The van der Waals surface area contributed by atoms with Gasteiger partial charge in [0.1, 0.15) is 0 Å². The van der Waals surface area contributed by atoms with Gasteiger partial charge in [0, 0.05) is 10.9 Å². The second-order valence-corrected chi connectivity index (χ2v) is 6.24. The van der Waals surface area contributed by atoms with E-state index in [-0.39, 0.29) is 5.75 Å². The molecule has 0 saturated heterocycles. The van der Waals surface area contributed by atoms with E-state index in [2.05, 4.69) is 22.4 Å². The van der Waals surface area contributed by atoms with E-state index in [1.165, 1.54) is 29.7 Å². The lowest BCUT2D eigenvalue weighted by molar-refractivity contribution is 0.275. The number of aryl methyl sites for hydroxylation is 1. The van der Waals surface area contributed by atoms with Crippen LogP contribution in [0.5, 0.6) is 5.75 Å². The molecule has 1 N–H and O–H groups in total. The molecule has 1 aromatic carbocycles. The molecule has 0 fully saturated rings. The van der Waals surface area contributed by atoms with E-state index < -0.39 is 11.6 Å². The number of hydrazone groups is 1. The van der Waals surface area contributed by atoms with Crippen molar-refractivity contribution in [2.75, 3.05) is 12.0 Å². The Balaban J connectivity index is 1.93. The molecule has 7 heteroatoms. The van der Waals surface area contributed by atoms with Crippen LogP contribution in [-0.4, -0.2) is 17.8 Å². The van der Waals surface area contributed by atoms with Crippen LogP contribution in [0.4, 0.5) is 13.9 Å². The summed E-state index contributed by atoms with van der Waals surface area (Å²) in [6, 6.07) is 2.39. The van der Waals surface area contributed by atoms with Crippen molar-refractivity contribution in [3.8, 4) is 5.75 Å². The molecule has 2 rings (SSSR count). The molecule has 0 aliphatic carbocycles. The number of aromatic nitrogens is 1. The van der Waals surface area contributed by atoms with Crippen LogP contribution in [0.3, 0.4) is 0 Å². The van der Waals surface area contributed by atoms with Gasteiger partial charge in [-0.3, -0.25) is 5.43 Å². The fourth-order valence-electron chi connectivity index (χ4n) is 2.06. The first kappa shape index (κ1) is 18.3. The molecule has 4 nitrogen and oxygen atoms in total. The van der Waals surface area contributed by atoms with Crippen molar-refractivity contribution in [2.45, 2.75) is 39.5 Å². The Kier molecular flexibility index (Phi) is 7.11. The largest absolute Gasteiger partial charge is 0.488 e. The Morgan fingerprint density at radius 1 is 1.25 bits per heavy atom. The van der Waals surface area contributed by atoms with Crippen LogP contribution in [0.25, 0.3) is 0 Å². The highest BCUT2D eigenvalue weighted by Gasteiger charge is 2.12. The van der Waals surface area contributed by atoms with Crippen LogP contribution in [0.2, 0.25) is 0 Å². The second kappa shape index (κ2) is 9.32. The van der Waals surface area contributed by atoms with Gasteiger partial charge in [-0.05, 0) is 25.5 Å². The minimum Gasteiger partial charge on any atom is -0.488 e. The number of benzene rings is 1. The fraction of sp³-hybridized carbons (Fsp3) is 0.412. The number of anilines is 1. The molecule has 24 heavy (non-hydrogen) atoms. The molecule has 0 unspecified atom stereocenters. The molecule has 0 amide bonds. The molecular formula is C17H21F2N3OS. The van der Waals surface area contributed by atoms with E-state index in [9.17, 15) is 8.78 Å². The quantitative estimate of drug-likeness (QED) is 0.386. The number of ether oxygens (including phenoxy) is 1. The van der Waals surface area contributed by atoms with E-state index in [1.54, 1.807) is 0 Å². The predicted molar refractivity (Wildman–Crippen MR) is 94.1 cm³/mol. The van der Waals surface area contributed by atoms with Crippen LogP contribution >= 0.6 is 11.3 Å². The highest BCUT2D eigenvalue weighted by atomic mass is 32.1. The van der Waals surface area contributed by atoms with Gasteiger partial charge in [-0.2, -0.15) is 5.10 Å². The first-order valence-electron chi connectivity index (χ1n) is 7.93. The Hall–Kier alpha value is -2.02. The molecule has 0 saturated carbocycles. The van der Waals surface area contributed by atoms with Crippen molar-refractivity contribution in [3.63, 3.8) is 0 Å². The van der Waals surface area contributed by atoms with Crippen molar-refractivity contribution >= 4 is 22.7 Å². The third-order valence-electron chi connectivity index (χ3n) is 3.26. The van der Waals surface area contributed by atoms with E-state index in [1.807, 2.05) is 12.3 Å². The van der Waals surface area contributed by atoms with Gasteiger partial charge in [-0.25, -0.2) is 13.8 Å². The first-order valence-corrected chi connectivity index (χ1v) is 8.81. The molecule has 2 aromatic rings. The number of halogens is 2.